The van der Waals surface area contributed by atoms with Crippen LogP contribution < -0.4 is 28.6 Å². The van der Waals surface area contributed by atoms with Crippen LogP contribution in [0.25, 0.3) is 39.1 Å². The minimum Gasteiger partial charge on any atom is -0.497 e. The minimum absolute atomic E-state index is 0.106. The normalized spacial score (nSPS) is 19.1. The van der Waals surface area contributed by atoms with Crippen LogP contribution in [0, 0.1) is 10.8 Å². The number of rotatable bonds is 8. The molecular weight excluding hydrogens is 783 g/mol. The lowest BCUT2D eigenvalue weighted by molar-refractivity contribution is 0.122. The number of hydrogen-bond donors (Lipinski definition) is 0. The van der Waals surface area contributed by atoms with E-state index < -0.39 is 5.60 Å². The van der Waals surface area contributed by atoms with Crippen molar-refractivity contribution in [1.82, 2.24) is 0 Å². The molecule has 6 aromatic carbocycles. The van der Waals surface area contributed by atoms with Gasteiger partial charge in [0.05, 0.1) is 41.7 Å². The molecule has 0 bridgehead atoms. The van der Waals surface area contributed by atoms with E-state index in [0.717, 1.165) is 120 Å². The molecule has 0 N–H and O–H groups in total. The van der Waals surface area contributed by atoms with E-state index in [0.29, 0.717) is 5.75 Å². The molecule has 1 saturated heterocycles. The number of morpholine rings is 1. The molecular formula is C56H61NO6. The van der Waals surface area contributed by atoms with Crippen LogP contribution in [0.2, 0.25) is 0 Å². The number of anilines is 1. The Hall–Kier alpha value is -5.92. The molecule has 0 spiro atoms. The summed E-state index contributed by atoms with van der Waals surface area (Å²) in [7, 11) is 6.84. The molecule has 0 saturated carbocycles. The smallest absolute Gasteiger partial charge is 0.178 e. The number of ether oxygens (including phenoxy) is 6. The van der Waals surface area contributed by atoms with E-state index >= 15 is 0 Å². The standard InChI is InChI=1S/C56H61NO6/c1-54(2)26-23-37-11-9-10-12-43(37)52-45(24-27-55(3,4)36-54)46-25-28-56(39-15-19-41(58-5)20-16-39,38-13-17-40(18-14-38)57-29-31-62-32-30-57)63-53(46)49-35-51(61-8)47(34-48(49)52)44-22-21-42(59-6)33-50(44)60-7/h9-22,25,28,33-35H,23-24,26-27,29-32,36H2,1-8H3. The SMILES string of the molecule is COc1ccc(C2(c3ccc(N4CCOCC4)cc3)C=Cc3c4c(c5cc(-c6ccc(OC)cc6OC)c(OC)cc5c3O2)-c2ccccc2CCC(C)(C)CC(C)(C)CC4)cc1. The summed E-state index contributed by atoms with van der Waals surface area (Å²) >= 11 is 0. The maximum Gasteiger partial charge on any atom is 0.178 e. The average Bonchev–Trinajstić information content (AvgIpc) is 3.33. The molecule has 7 nitrogen and oxygen atoms in total. The zero-order valence-corrected chi connectivity index (χ0v) is 38.2. The van der Waals surface area contributed by atoms with Gasteiger partial charge in [-0.15, -0.1) is 0 Å². The van der Waals surface area contributed by atoms with Gasteiger partial charge < -0.3 is 33.3 Å². The Morgan fingerprint density at radius 2 is 1.22 bits per heavy atom. The van der Waals surface area contributed by atoms with E-state index in [9.17, 15) is 0 Å². The van der Waals surface area contributed by atoms with Gasteiger partial charge in [-0.2, -0.15) is 0 Å². The number of methoxy groups -OCH3 is 4. The van der Waals surface area contributed by atoms with Gasteiger partial charge in [0.2, 0.25) is 0 Å². The quantitative estimate of drug-likeness (QED) is 0.151. The molecule has 1 unspecified atom stereocenters. The Morgan fingerprint density at radius 3 is 1.90 bits per heavy atom. The van der Waals surface area contributed by atoms with Gasteiger partial charge in [0.25, 0.3) is 0 Å². The lowest BCUT2D eigenvalue weighted by atomic mass is 9.70. The molecule has 2 heterocycles. The first-order valence-corrected chi connectivity index (χ1v) is 22.4. The first kappa shape index (κ1) is 42.4. The van der Waals surface area contributed by atoms with E-state index in [1.807, 2.05) is 24.3 Å². The molecule has 6 aromatic rings. The summed E-state index contributed by atoms with van der Waals surface area (Å²) in [5.74, 6) is 3.80. The van der Waals surface area contributed by atoms with Crippen molar-refractivity contribution in [2.24, 2.45) is 10.8 Å². The van der Waals surface area contributed by atoms with Crippen LogP contribution >= 0.6 is 0 Å². The van der Waals surface area contributed by atoms with Crippen molar-refractivity contribution < 1.29 is 28.4 Å². The van der Waals surface area contributed by atoms with E-state index in [4.69, 9.17) is 28.4 Å². The zero-order chi connectivity index (χ0) is 43.9. The highest BCUT2D eigenvalue weighted by Crippen LogP contribution is 2.54. The predicted octanol–water partition coefficient (Wildman–Crippen LogP) is 12.7. The van der Waals surface area contributed by atoms with E-state index in [1.165, 1.54) is 27.9 Å². The Labute approximate surface area is 373 Å². The van der Waals surface area contributed by atoms with Crippen molar-refractivity contribution in [3.8, 4) is 51.0 Å². The van der Waals surface area contributed by atoms with Crippen LogP contribution in [0.3, 0.4) is 0 Å². The van der Waals surface area contributed by atoms with Crippen LogP contribution in [0.15, 0.2) is 109 Å². The fourth-order valence-corrected chi connectivity index (χ4v) is 10.7. The van der Waals surface area contributed by atoms with Gasteiger partial charge in [0.15, 0.2) is 5.60 Å². The van der Waals surface area contributed by atoms with Crippen molar-refractivity contribution in [1.29, 1.82) is 0 Å². The van der Waals surface area contributed by atoms with Gasteiger partial charge in [-0.25, -0.2) is 0 Å². The minimum atomic E-state index is -0.955. The molecule has 3 aliphatic rings. The van der Waals surface area contributed by atoms with Crippen molar-refractivity contribution in [3.63, 3.8) is 0 Å². The van der Waals surface area contributed by atoms with E-state index in [2.05, 4.69) is 124 Å². The largest absolute Gasteiger partial charge is 0.497 e. The zero-order valence-electron chi connectivity index (χ0n) is 38.2. The van der Waals surface area contributed by atoms with Crippen LogP contribution in [0.5, 0.6) is 28.7 Å². The molecule has 7 heteroatoms. The van der Waals surface area contributed by atoms with Gasteiger partial charge in [0, 0.05) is 58.0 Å². The second-order valence-corrected chi connectivity index (χ2v) is 19.0. The number of nitrogens with zero attached hydrogens (tertiary/aromatic N) is 1. The molecule has 63 heavy (non-hydrogen) atoms. The van der Waals surface area contributed by atoms with Crippen molar-refractivity contribution in [2.75, 3.05) is 59.6 Å². The van der Waals surface area contributed by atoms with E-state index in [-0.39, 0.29) is 10.8 Å². The van der Waals surface area contributed by atoms with E-state index in [1.54, 1.807) is 28.4 Å². The van der Waals surface area contributed by atoms with Gasteiger partial charge in [0.1, 0.15) is 28.7 Å². The van der Waals surface area contributed by atoms with Crippen LogP contribution in [0.4, 0.5) is 5.69 Å². The van der Waals surface area contributed by atoms with Crippen LogP contribution in [-0.2, 0) is 23.2 Å². The maximum absolute atomic E-state index is 7.82. The molecule has 0 amide bonds. The Bertz CT molecular complexity index is 2660. The fourth-order valence-electron chi connectivity index (χ4n) is 10.7. The molecule has 1 fully saturated rings. The molecule has 1 aliphatic carbocycles. The van der Waals surface area contributed by atoms with Gasteiger partial charge in [-0.1, -0.05) is 82.3 Å². The number of fused-ring (bicyclic) bond motifs is 8. The third kappa shape index (κ3) is 8.01. The fraction of sp³-hybridized carbons (Fsp3) is 0.357. The molecule has 9 rings (SSSR count). The van der Waals surface area contributed by atoms with Gasteiger partial charge >= 0.3 is 0 Å². The summed E-state index contributed by atoms with van der Waals surface area (Å²) in [5, 5.41) is 2.11. The summed E-state index contributed by atoms with van der Waals surface area (Å²) in [5.41, 5.74) is 10.7. The second-order valence-electron chi connectivity index (χ2n) is 19.0. The Morgan fingerprint density at radius 1 is 0.587 bits per heavy atom. The summed E-state index contributed by atoms with van der Waals surface area (Å²) in [4.78, 5) is 2.39. The highest BCUT2D eigenvalue weighted by Gasteiger charge is 2.40. The summed E-state index contributed by atoms with van der Waals surface area (Å²) in [6.07, 6.45) is 9.77. The first-order chi connectivity index (χ1) is 30.5. The lowest BCUT2D eigenvalue weighted by Crippen LogP contribution is -2.37. The monoisotopic (exact) mass is 843 g/mol. The van der Waals surface area contributed by atoms with Crippen LogP contribution in [0.1, 0.15) is 74.8 Å². The summed E-state index contributed by atoms with van der Waals surface area (Å²) < 4.78 is 37.2. The second kappa shape index (κ2) is 17.0. The topological polar surface area (TPSA) is 58.6 Å². The number of aryl methyl sites for hydroxylation is 1. The molecule has 2 aliphatic heterocycles. The number of benzene rings is 6. The molecule has 0 aromatic heterocycles. The highest BCUT2D eigenvalue weighted by atomic mass is 16.5. The Balaban J connectivity index is 1.35. The third-order valence-electron chi connectivity index (χ3n) is 13.7. The molecule has 326 valence electrons. The molecule has 0 radical (unpaired) electrons. The highest BCUT2D eigenvalue weighted by molar-refractivity contribution is 6.08. The number of hydrogen-bond acceptors (Lipinski definition) is 7. The van der Waals surface area contributed by atoms with Crippen molar-refractivity contribution >= 4 is 22.5 Å². The lowest BCUT2D eigenvalue weighted by Gasteiger charge is -2.39. The summed E-state index contributed by atoms with van der Waals surface area (Å²) in [6, 6.07) is 36.8. The van der Waals surface area contributed by atoms with Crippen molar-refractivity contribution in [3.05, 3.63) is 137 Å². The molecule has 1 atom stereocenters. The summed E-state index contributed by atoms with van der Waals surface area (Å²) in [6.45, 7) is 13.0. The van der Waals surface area contributed by atoms with Crippen molar-refractivity contribution in [2.45, 2.75) is 65.4 Å². The van der Waals surface area contributed by atoms with Crippen LogP contribution in [-0.4, -0.2) is 54.7 Å². The Kier molecular flexibility index (Phi) is 11.4. The average molecular weight is 844 g/mol. The third-order valence-corrected chi connectivity index (χ3v) is 13.7. The predicted molar refractivity (Wildman–Crippen MR) is 256 cm³/mol. The first-order valence-electron chi connectivity index (χ1n) is 22.4. The van der Waals surface area contributed by atoms with Gasteiger partial charge in [-0.3, -0.25) is 0 Å². The maximum atomic E-state index is 7.82. The van der Waals surface area contributed by atoms with Gasteiger partial charge in [-0.05, 0) is 125 Å².